The van der Waals surface area contributed by atoms with Crippen molar-refractivity contribution in [2.75, 3.05) is 18.1 Å². The smallest absolute Gasteiger partial charge is 0.211 e. The van der Waals surface area contributed by atoms with E-state index in [0.29, 0.717) is 6.42 Å². The summed E-state index contributed by atoms with van der Waals surface area (Å²) in [5.41, 5.74) is 0.740. The molecule has 7 heteroatoms. The van der Waals surface area contributed by atoms with Gasteiger partial charge in [0.25, 0.3) is 0 Å². The highest BCUT2D eigenvalue weighted by Gasteiger charge is 2.09. The van der Waals surface area contributed by atoms with Crippen LogP contribution < -0.4 is 10.0 Å². The second-order valence-corrected chi connectivity index (χ2v) is 5.82. The minimum Gasteiger partial charge on any atom is -0.365 e. The van der Waals surface area contributed by atoms with Gasteiger partial charge in [-0.3, -0.25) is 0 Å². The molecule has 0 spiro atoms. The van der Waals surface area contributed by atoms with Crippen molar-refractivity contribution >= 4 is 26.5 Å². The maximum atomic E-state index is 11.3. The number of hydrogen-bond donors (Lipinski definition) is 2. The van der Waals surface area contributed by atoms with Crippen LogP contribution in [0.3, 0.4) is 0 Å². The number of sulfonamides is 1. The molecule has 0 bridgehead atoms. The molecule has 1 aromatic rings. The lowest BCUT2D eigenvalue weighted by Gasteiger charge is -2.02. The Labute approximate surface area is 94.0 Å². The number of nitrogens with zero attached hydrogens (tertiary/aromatic N) is 1. The van der Waals surface area contributed by atoms with Gasteiger partial charge in [-0.05, 0) is 6.42 Å². The topological polar surface area (TPSA) is 71.1 Å². The van der Waals surface area contributed by atoms with E-state index < -0.39 is 10.0 Å². The number of hydrogen-bond acceptors (Lipinski definition) is 5. The number of aromatic nitrogens is 1. The molecule has 0 aliphatic carbocycles. The van der Waals surface area contributed by atoms with E-state index in [1.54, 1.807) is 7.05 Å². The monoisotopic (exact) mass is 249 g/mol. The predicted octanol–water partition coefficient (Wildman–Crippen LogP) is 1.01. The first-order chi connectivity index (χ1) is 7.07. The van der Waals surface area contributed by atoms with Gasteiger partial charge in [-0.1, -0.05) is 6.92 Å². The van der Waals surface area contributed by atoms with Crippen molar-refractivity contribution in [3.05, 3.63) is 11.1 Å². The van der Waals surface area contributed by atoms with Crippen LogP contribution in [0.15, 0.2) is 5.38 Å². The predicted molar refractivity (Wildman–Crippen MR) is 62.6 cm³/mol. The second-order valence-electron chi connectivity index (χ2n) is 3.03. The molecule has 0 aromatic carbocycles. The highest BCUT2D eigenvalue weighted by Crippen LogP contribution is 2.14. The summed E-state index contributed by atoms with van der Waals surface area (Å²) in [7, 11) is -1.35. The lowest BCUT2D eigenvalue weighted by Crippen LogP contribution is -2.25. The Balaban J connectivity index is 2.50. The molecule has 0 amide bonds. The van der Waals surface area contributed by atoms with Crippen molar-refractivity contribution in [3.63, 3.8) is 0 Å². The quantitative estimate of drug-likeness (QED) is 0.789. The first kappa shape index (κ1) is 12.4. The Kier molecular flexibility index (Phi) is 4.49. The van der Waals surface area contributed by atoms with Crippen molar-refractivity contribution in [2.24, 2.45) is 0 Å². The van der Waals surface area contributed by atoms with E-state index in [1.807, 2.05) is 12.3 Å². The molecule has 1 heterocycles. The highest BCUT2D eigenvalue weighted by atomic mass is 32.2. The van der Waals surface area contributed by atoms with Gasteiger partial charge in [0.15, 0.2) is 5.13 Å². The summed E-state index contributed by atoms with van der Waals surface area (Å²) in [5.74, 6) is 0.163. The fourth-order valence-corrected chi connectivity index (χ4v) is 2.75. The van der Waals surface area contributed by atoms with E-state index in [2.05, 4.69) is 15.0 Å². The first-order valence-electron chi connectivity index (χ1n) is 4.67. The minimum atomic E-state index is -3.13. The maximum Gasteiger partial charge on any atom is 0.211 e. The van der Waals surface area contributed by atoms with Gasteiger partial charge in [-0.25, -0.2) is 18.1 Å². The van der Waals surface area contributed by atoms with Gasteiger partial charge in [-0.15, -0.1) is 11.3 Å². The Bertz CT molecular complexity index is 400. The summed E-state index contributed by atoms with van der Waals surface area (Å²) in [4.78, 5) is 4.17. The van der Waals surface area contributed by atoms with Gasteiger partial charge in [0, 0.05) is 12.4 Å². The van der Waals surface area contributed by atoms with Crippen LogP contribution in [0.1, 0.15) is 19.0 Å². The Morgan fingerprint density at radius 3 is 2.80 bits per heavy atom. The molecule has 0 unspecified atom stereocenters. The summed E-state index contributed by atoms with van der Waals surface area (Å²) in [5, 5.41) is 5.52. The van der Waals surface area contributed by atoms with E-state index in [9.17, 15) is 8.42 Å². The third kappa shape index (κ3) is 4.15. The average molecular weight is 249 g/mol. The lowest BCUT2D eigenvalue weighted by molar-refractivity contribution is 0.579. The number of rotatable bonds is 6. The van der Waals surface area contributed by atoms with Crippen molar-refractivity contribution in [3.8, 4) is 0 Å². The number of thiazole rings is 1. The van der Waals surface area contributed by atoms with E-state index >= 15 is 0 Å². The zero-order valence-electron chi connectivity index (χ0n) is 8.78. The van der Waals surface area contributed by atoms with Crippen LogP contribution in [0, 0.1) is 0 Å². The normalized spacial score (nSPS) is 11.6. The molecular formula is C8H15N3O2S2. The van der Waals surface area contributed by atoms with Crippen LogP contribution in [0.5, 0.6) is 0 Å². The zero-order chi connectivity index (χ0) is 11.3. The van der Waals surface area contributed by atoms with Gasteiger partial charge in [0.2, 0.25) is 10.0 Å². The van der Waals surface area contributed by atoms with Gasteiger partial charge in [0.05, 0.1) is 18.0 Å². The molecule has 86 valence electrons. The largest absolute Gasteiger partial charge is 0.365 e. The Morgan fingerprint density at radius 2 is 2.27 bits per heavy atom. The Morgan fingerprint density at radius 1 is 1.53 bits per heavy atom. The molecule has 2 N–H and O–H groups in total. The van der Waals surface area contributed by atoms with Crippen molar-refractivity contribution < 1.29 is 8.42 Å². The van der Waals surface area contributed by atoms with Crippen LogP contribution in [0.4, 0.5) is 5.13 Å². The van der Waals surface area contributed by atoms with Gasteiger partial charge < -0.3 is 5.32 Å². The van der Waals surface area contributed by atoms with Gasteiger partial charge in [-0.2, -0.15) is 0 Å². The highest BCUT2D eigenvalue weighted by molar-refractivity contribution is 7.89. The SMILES string of the molecule is CCCS(=O)(=O)NCc1csc(NC)n1. The standard InChI is InChI=1S/C8H15N3O2S2/c1-3-4-15(12,13)10-5-7-6-14-8(9-2)11-7/h6,10H,3-5H2,1-2H3,(H,9,11). The third-order valence-electron chi connectivity index (χ3n) is 1.71. The first-order valence-corrected chi connectivity index (χ1v) is 7.20. The van der Waals surface area contributed by atoms with Crippen molar-refractivity contribution in [1.29, 1.82) is 0 Å². The van der Waals surface area contributed by atoms with E-state index in [1.165, 1.54) is 11.3 Å². The van der Waals surface area contributed by atoms with Crippen molar-refractivity contribution in [1.82, 2.24) is 9.71 Å². The molecule has 0 radical (unpaired) electrons. The molecule has 5 nitrogen and oxygen atoms in total. The van der Waals surface area contributed by atoms with Crippen LogP contribution in [0.25, 0.3) is 0 Å². The summed E-state index contributed by atoms with van der Waals surface area (Å²) >= 11 is 1.46. The third-order valence-corrected chi connectivity index (χ3v) is 4.15. The summed E-state index contributed by atoms with van der Waals surface area (Å²) in [6.45, 7) is 2.10. The molecule has 0 aliphatic heterocycles. The van der Waals surface area contributed by atoms with Crippen LogP contribution >= 0.6 is 11.3 Å². The summed E-state index contributed by atoms with van der Waals surface area (Å²) in [6.07, 6.45) is 0.619. The summed E-state index contributed by atoms with van der Waals surface area (Å²) < 4.78 is 25.2. The number of anilines is 1. The van der Waals surface area contributed by atoms with Crippen LogP contribution in [-0.4, -0.2) is 26.2 Å². The Hall–Kier alpha value is -0.660. The molecule has 0 aliphatic rings. The maximum absolute atomic E-state index is 11.3. The lowest BCUT2D eigenvalue weighted by atomic mass is 10.5. The molecule has 0 fully saturated rings. The molecule has 0 saturated heterocycles. The van der Waals surface area contributed by atoms with E-state index in [4.69, 9.17) is 0 Å². The summed E-state index contributed by atoms with van der Waals surface area (Å²) in [6, 6.07) is 0. The van der Waals surface area contributed by atoms with E-state index in [0.717, 1.165) is 10.8 Å². The average Bonchev–Trinajstić information content (AvgIpc) is 2.62. The molecule has 1 rings (SSSR count). The molecule has 15 heavy (non-hydrogen) atoms. The van der Waals surface area contributed by atoms with Crippen molar-refractivity contribution in [2.45, 2.75) is 19.9 Å². The minimum absolute atomic E-state index is 0.163. The zero-order valence-corrected chi connectivity index (χ0v) is 10.4. The van der Waals surface area contributed by atoms with Gasteiger partial charge in [0.1, 0.15) is 0 Å². The van der Waals surface area contributed by atoms with Crippen LogP contribution in [0.2, 0.25) is 0 Å². The fourth-order valence-electron chi connectivity index (χ4n) is 1.03. The van der Waals surface area contributed by atoms with Crippen LogP contribution in [-0.2, 0) is 16.6 Å². The van der Waals surface area contributed by atoms with E-state index in [-0.39, 0.29) is 12.3 Å². The van der Waals surface area contributed by atoms with Gasteiger partial charge >= 0.3 is 0 Å². The second kappa shape index (κ2) is 5.43. The number of nitrogens with one attached hydrogen (secondary N) is 2. The molecular weight excluding hydrogens is 234 g/mol. The molecule has 1 aromatic heterocycles. The fraction of sp³-hybridized carbons (Fsp3) is 0.625. The molecule has 0 atom stereocenters. The molecule has 0 saturated carbocycles.